The average molecular weight is 356 g/mol. The lowest BCUT2D eigenvalue weighted by atomic mass is 9.92. The third-order valence-corrected chi connectivity index (χ3v) is 4.77. The number of carboxylic acid groups (broad SMARTS) is 2. The Morgan fingerprint density at radius 3 is 1.44 bits per heavy atom. The molecule has 4 heteroatoms. The van der Waals surface area contributed by atoms with E-state index in [9.17, 15) is 19.8 Å². The molecule has 0 fully saturated rings. The van der Waals surface area contributed by atoms with Crippen molar-refractivity contribution in [3.63, 3.8) is 0 Å². The Morgan fingerprint density at radius 1 is 0.630 bits per heavy atom. The first-order valence-corrected chi connectivity index (χ1v) is 8.53. The number of carboxylic acids is 2. The van der Waals surface area contributed by atoms with Crippen LogP contribution < -0.4 is 0 Å². The second kappa shape index (κ2) is 6.57. The summed E-state index contributed by atoms with van der Waals surface area (Å²) in [6.07, 6.45) is 0.448. The number of rotatable bonds is 4. The lowest BCUT2D eigenvalue weighted by Crippen LogP contribution is -2.02. The van der Waals surface area contributed by atoms with Crippen molar-refractivity contribution in [3.8, 4) is 0 Å². The topological polar surface area (TPSA) is 74.6 Å². The normalized spacial score (nSPS) is 11.0. The molecule has 0 heterocycles. The second-order valence-electron chi connectivity index (χ2n) is 6.50. The fourth-order valence-electron chi connectivity index (χ4n) is 3.52. The molecule has 2 N–H and O–H groups in total. The van der Waals surface area contributed by atoms with Crippen molar-refractivity contribution in [2.45, 2.75) is 6.42 Å². The lowest BCUT2D eigenvalue weighted by Gasteiger charge is -2.12. The number of fused-ring (bicyclic) bond motifs is 2. The molecule has 132 valence electrons. The Morgan fingerprint density at radius 2 is 1.04 bits per heavy atom. The Kier molecular flexibility index (Phi) is 4.09. The summed E-state index contributed by atoms with van der Waals surface area (Å²) in [5.74, 6) is -1.96. The van der Waals surface area contributed by atoms with Gasteiger partial charge >= 0.3 is 11.9 Å². The van der Waals surface area contributed by atoms with Gasteiger partial charge in [-0.2, -0.15) is 0 Å². The summed E-state index contributed by atoms with van der Waals surface area (Å²) < 4.78 is 0. The van der Waals surface area contributed by atoms with Crippen molar-refractivity contribution < 1.29 is 19.8 Å². The molecule has 0 unspecified atom stereocenters. The molecular formula is C23H16O4. The largest absolute Gasteiger partial charge is 0.478 e. The van der Waals surface area contributed by atoms with Gasteiger partial charge < -0.3 is 10.2 Å². The van der Waals surface area contributed by atoms with Gasteiger partial charge in [-0.05, 0) is 63.4 Å². The van der Waals surface area contributed by atoms with E-state index in [0.29, 0.717) is 6.42 Å². The molecule has 27 heavy (non-hydrogen) atoms. The van der Waals surface area contributed by atoms with Crippen LogP contribution in [0.25, 0.3) is 21.5 Å². The van der Waals surface area contributed by atoms with E-state index in [4.69, 9.17) is 0 Å². The zero-order valence-corrected chi connectivity index (χ0v) is 14.3. The van der Waals surface area contributed by atoms with Gasteiger partial charge in [-0.1, -0.05) is 48.5 Å². The quantitative estimate of drug-likeness (QED) is 0.541. The van der Waals surface area contributed by atoms with E-state index in [2.05, 4.69) is 0 Å². The van der Waals surface area contributed by atoms with Crippen molar-refractivity contribution in [2.75, 3.05) is 0 Å². The minimum Gasteiger partial charge on any atom is -0.478 e. The summed E-state index contributed by atoms with van der Waals surface area (Å²) in [7, 11) is 0. The van der Waals surface area contributed by atoms with Crippen LogP contribution >= 0.6 is 0 Å². The molecule has 4 nitrogen and oxygen atoms in total. The maximum Gasteiger partial charge on any atom is 0.335 e. The molecule has 0 aliphatic carbocycles. The molecule has 0 aliphatic rings. The molecule has 0 aliphatic heterocycles. The first-order valence-electron chi connectivity index (χ1n) is 8.53. The van der Waals surface area contributed by atoms with Crippen molar-refractivity contribution in [1.29, 1.82) is 0 Å². The summed E-state index contributed by atoms with van der Waals surface area (Å²) in [5, 5.41) is 22.5. The number of aromatic carboxylic acids is 2. The molecule has 0 saturated carbocycles. The van der Waals surface area contributed by atoms with Crippen molar-refractivity contribution in [3.05, 3.63) is 95.1 Å². The molecule has 0 amide bonds. The van der Waals surface area contributed by atoms with Crippen LogP contribution in [0.5, 0.6) is 0 Å². The predicted octanol–water partition coefficient (Wildman–Crippen LogP) is 4.98. The van der Waals surface area contributed by atoms with Crippen LogP contribution in [0, 0.1) is 0 Å². The van der Waals surface area contributed by atoms with E-state index in [1.165, 1.54) is 0 Å². The van der Waals surface area contributed by atoms with E-state index in [0.717, 1.165) is 32.7 Å². The summed E-state index contributed by atoms with van der Waals surface area (Å²) in [4.78, 5) is 23.1. The highest BCUT2D eigenvalue weighted by molar-refractivity contribution is 5.98. The number of hydrogen-bond donors (Lipinski definition) is 2. The van der Waals surface area contributed by atoms with Gasteiger partial charge in [0.25, 0.3) is 0 Å². The fourth-order valence-corrected chi connectivity index (χ4v) is 3.52. The van der Waals surface area contributed by atoms with Gasteiger partial charge in [0.1, 0.15) is 0 Å². The van der Waals surface area contributed by atoms with Crippen LogP contribution in [0.4, 0.5) is 0 Å². The zero-order chi connectivity index (χ0) is 19.0. The molecule has 4 rings (SSSR count). The van der Waals surface area contributed by atoms with Crippen LogP contribution in [0.15, 0.2) is 72.8 Å². The summed E-state index contributed by atoms with van der Waals surface area (Å²) in [6.45, 7) is 0. The molecule has 0 atom stereocenters. The molecule has 0 bridgehead atoms. The van der Waals surface area contributed by atoms with Crippen LogP contribution in [0.1, 0.15) is 31.8 Å². The lowest BCUT2D eigenvalue weighted by molar-refractivity contribution is 0.0686. The minimum atomic E-state index is -0.980. The van der Waals surface area contributed by atoms with Crippen LogP contribution in [-0.4, -0.2) is 22.2 Å². The van der Waals surface area contributed by atoms with Gasteiger partial charge in [-0.15, -0.1) is 0 Å². The van der Waals surface area contributed by atoms with Crippen LogP contribution in [0.3, 0.4) is 0 Å². The van der Waals surface area contributed by atoms with E-state index in [-0.39, 0.29) is 11.1 Å². The Bertz CT molecular complexity index is 1110. The Labute approximate surface area is 155 Å². The Balaban J connectivity index is 1.94. The first-order chi connectivity index (χ1) is 13.0. The summed E-state index contributed by atoms with van der Waals surface area (Å²) in [5.41, 5.74) is 2.17. The van der Waals surface area contributed by atoms with Gasteiger partial charge in [0.05, 0.1) is 11.1 Å². The standard InChI is InChI=1S/C23H16O4/c24-22(25)18-9-14-5-1-3-7-20(14)16(12-18)11-17-13-19(23(26)27)10-15-6-2-4-8-21(15)17/h1-10,12-13H,11H2,(H,24,25)(H,26,27). The number of hydrogen-bond acceptors (Lipinski definition) is 2. The fraction of sp³-hybridized carbons (Fsp3) is 0.0435. The van der Waals surface area contributed by atoms with Crippen molar-refractivity contribution in [1.82, 2.24) is 0 Å². The van der Waals surface area contributed by atoms with Gasteiger partial charge in [0.2, 0.25) is 0 Å². The van der Waals surface area contributed by atoms with Crippen LogP contribution in [0.2, 0.25) is 0 Å². The number of carbonyl (C=O) groups is 2. The third-order valence-electron chi connectivity index (χ3n) is 4.77. The molecule has 0 saturated heterocycles. The monoisotopic (exact) mass is 356 g/mol. The van der Waals surface area contributed by atoms with Crippen LogP contribution in [-0.2, 0) is 6.42 Å². The SMILES string of the molecule is O=C(O)c1cc(Cc2cc(C(=O)O)cc3ccccc23)c2ccccc2c1. The smallest absolute Gasteiger partial charge is 0.335 e. The maximum atomic E-state index is 11.5. The van der Waals surface area contributed by atoms with E-state index < -0.39 is 11.9 Å². The molecule has 0 radical (unpaired) electrons. The van der Waals surface area contributed by atoms with Gasteiger partial charge in [-0.25, -0.2) is 9.59 Å². The van der Waals surface area contributed by atoms with Gasteiger partial charge in [-0.3, -0.25) is 0 Å². The summed E-state index contributed by atoms with van der Waals surface area (Å²) in [6, 6.07) is 21.9. The minimum absolute atomic E-state index is 0.224. The zero-order valence-electron chi connectivity index (χ0n) is 14.3. The average Bonchev–Trinajstić information content (AvgIpc) is 2.67. The van der Waals surface area contributed by atoms with E-state index in [1.54, 1.807) is 24.3 Å². The van der Waals surface area contributed by atoms with Gasteiger partial charge in [0, 0.05) is 0 Å². The number of benzene rings is 4. The second-order valence-corrected chi connectivity index (χ2v) is 6.50. The highest BCUT2D eigenvalue weighted by Gasteiger charge is 2.13. The predicted molar refractivity (Wildman–Crippen MR) is 105 cm³/mol. The molecular weight excluding hydrogens is 340 g/mol. The van der Waals surface area contributed by atoms with Crippen molar-refractivity contribution in [2.24, 2.45) is 0 Å². The van der Waals surface area contributed by atoms with E-state index >= 15 is 0 Å². The molecule has 0 aromatic heterocycles. The third kappa shape index (κ3) is 3.13. The highest BCUT2D eigenvalue weighted by atomic mass is 16.4. The van der Waals surface area contributed by atoms with E-state index in [1.807, 2.05) is 48.5 Å². The first kappa shape index (κ1) is 16.8. The highest BCUT2D eigenvalue weighted by Crippen LogP contribution is 2.28. The molecule has 4 aromatic rings. The summed E-state index contributed by atoms with van der Waals surface area (Å²) >= 11 is 0. The van der Waals surface area contributed by atoms with Crippen molar-refractivity contribution >= 4 is 33.5 Å². The van der Waals surface area contributed by atoms with Gasteiger partial charge in [0.15, 0.2) is 0 Å². The Hall–Kier alpha value is -3.66. The molecule has 0 spiro atoms. The molecule has 4 aromatic carbocycles. The maximum absolute atomic E-state index is 11.5.